The van der Waals surface area contributed by atoms with Crippen molar-refractivity contribution in [2.75, 3.05) is 12.4 Å². The molecule has 1 spiro atoms. The molecular weight excluding hydrogens is 352 g/mol. The van der Waals surface area contributed by atoms with Gasteiger partial charge in [-0.1, -0.05) is 30.9 Å². The third kappa shape index (κ3) is 2.55. The van der Waals surface area contributed by atoms with Crippen LogP contribution in [0, 0.1) is 0 Å². The lowest BCUT2D eigenvalue weighted by Crippen LogP contribution is -2.52. The van der Waals surface area contributed by atoms with Gasteiger partial charge in [-0.25, -0.2) is 9.78 Å². The van der Waals surface area contributed by atoms with Crippen molar-refractivity contribution in [2.24, 2.45) is 0 Å². The van der Waals surface area contributed by atoms with E-state index in [1.165, 1.54) is 6.42 Å². The topological polar surface area (TPSA) is 79.2 Å². The van der Waals surface area contributed by atoms with E-state index < -0.39 is 5.54 Å². The number of anilines is 1. The highest BCUT2D eigenvalue weighted by atomic mass is 35.5. The second-order valence-electron chi connectivity index (χ2n) is 7.32. The monoisotopic (exact) mass is 374 g/mol. The Morgan fingerprint density at radius 3 is 2.69 bits per heavy atom. The Kier molecular flexibility index (Phi) is 4.10. The molecule has 1 aromatic carbocycles. The van der Waals surface area contributed by atoms with Crippen molar-refractivity contribution in [2.45, 2.75) is 51.5 Å². The number of allylic oxidation sites excluding steroid dienone is 1. The summed E-state index contributed by atoms with van der Waals surface area (Å²) < 4.78 is 6.22. The molecule has 0 bridgehead atoms. The van der Waals surface area contributed by atoms with E-state index in [1.54, 1.807) is 6.07 Å². The number of aromatic nitrogens is 1. The molecule has 1 aromatic heterocycles. The second kappa shape index (κ2) is 6.20. The number of oxazole rings is 1. The minimum Gasteiger partial charge on any atom is -0.434 e. The van der Waals surface area contributed by atoms with Gasteiger partial charge in [-0.2, -0.15) is 0 Å². The van der Waals surface area contributed by atoms with Crippen LogP contribution in [0.1, 0.15) is 57.4 Å². The molecule has 138 valence electrons. The van der Waals surface area contributed by atoms with Crippen LogP contribution >= 0.6 is 11.6 Å². The lowest BCUT2D eigenvalue weighted by molar-refractivity contribution is 0.209. The molecule has 2 aromatic rings. The van der Waals surface area contributed by atoms with Gasteiger partial charge >= 0.3 is 6.03 Å². The number of halogens is 1. The second-order valence-corrected chi connectivity index (χ2v) is 7.73. The molecule has 3 N–H and O–H groups in total. The fourth-order valence-electron chi connectivity index (χ4n) is 4.25. The number of fused-ring (bicyclic) bond motifs is 4. The van der Waals surface area contributed by atoms with Gasteiger partial charge in [0.2, 0.25) is 5.89 Å². The fourth-order valence-corrected chi connectivity index (χ4v) is 4.49. The van der Waals surface area contributed by atoms with E-state index in [1.807, 2.05) is 20.9 Å². The zero-order valence-corrected chi connectivity index (χ0v) is 16.0. The van der Waals surface area contributed by atoms with Gasteiger partial charge in [0, 0.05) is 12.6 Å². The molecule has 6 nitrogen and oxygen atoms in total. The van der Waals surface area contributed by atoms with Gasteiger partial charge in [0.1, 0.15) is 5.52 Å². The van der Waals surface area contributed by atoms with Crippen molar-refractivity contribution >= 4 is 40.1 Å². The first-order valence-corrected chi connectivity index (χ1v) is 9.41. The summed E-state index contributed by atoms with van der Waals surface area (Å²) in [6, 6.07) is 1.56. The Balaban J connectivity index is 2.00. The highest BCUT2D eigenvalue weighted by Gasteiger charge is 2.44. The van der Waals surface area contributed by atoms with Crippen molar-refractivity contribution in [3.05, 3.63) is 28.1 Å². The molecule has 26 heavy (non-hydrogen) atoms. The van der Waals surface area contributed by atoms with Crippen LogP contribution in [0.25, 0.3) is 16.8 Å². The molecule has 1 aliphatic heterocycles. The summed E-state index contributed by atoms with van der Waals surface area (Å²) >= 11 is 6.52. The highest BCUT2D eigenvalue weighted by molar-refractivity contribution is 6.35. The van der Waals surface area contributed by atoms with E-state index in [0.717, 1.165) is 42.5 Å². The molecule has 1 fully saturated rings. The van der Waals surface area contributed by atoms with Crippen LogP contribution in [0.15, 0.2) is 16.1 Å². The molecule has 2 heterocycles. The molecule has 2 aliphatic rings. The molecule has 7 heteroatoms. The normalized spacial score (nSPS) is 18.2. The molecule has 0 saturated heterocycles. The van der Waals surface area contributed by atoms with E-state index in [2.05, 4.69) is 20.9 Å². The largest absolute Gasteiger partial charge is 0.434 e. The minimum atomic E-state index is -0.444. The van der Waals surface area contributed by atoms with Crippen LogP contribution in [0.4, 0.5) is 10.5 Å². The summed E-state index contributed by atoms with van der Waals surface area (Å²) in [6.45, 7) is 4.01. The number of amides is 2. The average Bonchev–Trinajstić information content (AvgIpc) is 2.98. The van der Waals surface area contributed by atoms with E-state index in [4.69, 9.17) is 16.0 Å². The zero-order chi connectivity index (χ0) is 18.5. The molecule has 1 saturated carbocycles. The number of benzene rings is 1. The van der Waals surface area contributed by atoms with E-state index in [0.29, 0.717) is 27.7 Å². The number of nitrogens with one attached hydrogen (secondary N) is 3. The fraction of sp³-hybridized carbons (Fsp3) is 0.474. The Morgan fingerprint density at radius 1 is 1.31 bits per heavy atom. The Hall–Kier alpha value is -2.21. The van der Waals surface area contributed by atoms with E-state index in [9.17, 15) is 4.79 Å². The maximum atomic E-state index is 12.3. The van der Waals surface area contributed by atoms with E-state index in [-0.39, 0.29) is 6.03 Å². The van der Waals surface area contributed by atoms with Crippen LogP contribution in [0.3, 0.4) is 0 Å². The number of rotatable bonds is 2. The van der Waals surface area contributed by atoms with Crippen molar-refractivity contribution in [1.29, 1.82) is 0 Å². The molecule has 1 aliphatic carbocycles. The molecule has 2 amide bonds. The molecule has 0 atom stereocenters. The predicted octanol–water partition coefficient (Wildman–Crippen LogP) is 4.75. The molecule has 0 unspecified atom stereocenters. The third-order valence-corrected chi connectivity index (χ3v) is 5.67. The Bertz CT molecular complexity index is 921. The van der Waals surface area contributed by atoms with Gasteiger partial charge in [-0.05, 0) is 38.3 Å². The zero-order valence-electron chi connectivity index (χ0n) is 15.3. The molecule has 0 radical (unpaired) electrons. The summed E-state index contributed by atoms with van der Waals surface area (Å²) in [5.74, 6) is 0.537. The lowest BCUT2D eigenvalue weighted by atomic mass is 9.74. The van der Waals surface area contributed by atoms with Gasteiger partial charge in [0.15, 0.2) is 5.58 Å². The van der Waals surface area contributed by atoms with Gasteiger partial charge in [-0.3, -0.25) is 0 Å². The van der Waals surface area contributed by atoms with Crippen LogP contribution < -0.4 is 16.0 Å². The summed E-state index contributed by atoms with van der Waals surface area (Å²) in [4.78, 5) is 17.0. The first kappa shape index (κ1) is 17.2. The van der Waals surface area contributed by atoms with Gasteiger partial charge in [0.25, 0.3) is 0 Å². The van der Waals surface area contributed by atoms with Gasteiger partial charge < -0.3 is 20.4 Å². The van der Waals surface area contributed by atoms with Crippen molar-refractivity contribution in [3.63, 3.8) is 0 Å². The number of carbonyl (C=O) groups excluding carboxylic acids is 1. The Morgan fingerprint density at radius 2 is 2.04 bits per heavy atom. The predicted molar refractivity (Wildman–Crippen MR) is 103 cm³/mol. The standard InChI is InChI=1S/C19H23ClN4O2/c1-10(2)14(21-3)17-22-12-9-11(20)15-13(16(12)26-17)19(24-18(25)23-15)7-5-4-6-8-19/h9,21H,4-8H2,1-3H3,(H2,23,24,25). The van der Waals surface area contributed by atoms with Gasteiger partial charge in [-0.15, -0.1) is 0 Å². The maximum Gasteiger partial charge on any atom is 0.319 e. The van der Waals surface area contributed by atoms with Crippen LogP contribution in [0.2, 0.25) is 5.02 Å². The first-order valence-electron chi connectivity index (χ1n) is 9.03. The number of urea groups is 1. The summed E-state index contributed by atoms with van der Waals surface area (Å²) in [5.41, 5.74) is 4.48. The lowest BCUT2D eigenvalue weighted by Gasteiger charge is -2.42. The number of hydrogen-bond donors (Lipinski definition) is 3. The SMILES string of the molecule is CNC(=C(C)C)c1nc2cc(Cl)c3c(c2o1)C1(CCCCC1)NC(=O)N3. The maximum absolute atomic E-state index is 12.3. The van der Waals surface area contributed by atoms with Crippen LogP contribution in [-0.2, 0) is 5.54 Å². The summed E-state index contributed by atoms with van der Waals surface area (Å²) in [6.07, 6.45) is 5.04. The smallest absolute Gasteiger partial charge is 0.319 e. The average molecular weight is 375 g/mol. The quantitative estimate of drug-likeness (QED) is 0.708. The summed E-state index contributed by atoms with van der Waals surface area (Å²) in [5, 5.41) is 9.68. The van der Waals surface area contributed by atoms with Crippen molar-refractivity contribution in [3.8, 4) is 0 Å². The Labute approximate surface area is 157 Å². The number of nitrogens with zero attached hydrogens (tertiary/aromatic N) is 1. The third-order valence-electron chi connectivity index (χ3n) is 5.37. The van der Waals surface area contributed by atoms with Crippen LogP contribution in [0.5, 0.6) is 0 Å². The molecule has 4 rings (SSSR count). The highest BCUT2D eigenvalue weighted by Crippen LogP contribution is 2.48. The van der Waals surface area contributed by atoms with Crippen molar-refractivity contribution in [1.82, 2.24) is 15.6 Å². The molecular formula is C19H23ClN4O2. The van der Waals surface area contributed by atoms with Crippen molar-refractivity contribution < 1.29 is 9.21 Å². The number of carbonyl (C=O) groups is 1. The summed E-state index contributed by atoms with van der Waals surface area (Å²) in [7, 11) is 1.85. The number of hydrogen-bond acceptors (Lipinski definition) is 4. The van der Waals surface area contributed by atoms with E-state index >= 15 is 0 Å². The van der Waals surface area contributed by atoms with Crippen LogP contribution in [-0.4, -0.2) is 18.1 Å². The van der Waals surface area contributed by atoms with Gasteiger partial charge in [0.05, 0.1) is 21.9 Å². The first-order chi connectivity index (χ1) is 12.4. The minimum absolute atomic E-state index is 0.208.